The van der Waals surface area contributed by atoms with Gasteiger partial charge in [0, 0.05) is 0 Å². The molecule has 0 atom stereocenters. The third kappa shape index (κ3) is 2.31. The number of benzene rings is 1. The maximum absolute atomic E-state index is 12.2. The van der Waals surface area contributed by atoms with Gasteiger partial charge in [0.05, 0.1) is 12.2 Å². The molecular weight excluding hydrogens is 197 g/mol. The molecule has 1 aromatic rings. The van der Waals surface area contributed by atoms with E-state index < -0.39 is 11.7 Å². The van der Waals surface area contributed by atoms with Gasteiger partial charge >= 0.3 is 6.18 Å². The lowest BCUT2D eigenvalue weighted by molar-refractivity contribution is -0.137. The van der Waals surface area contributed by atoms with Crippen molar-refractivity contribution >= 4 is 0 Å². The molecule has 1 N–H and O–H groups in total. The maximum Gasteiger partial charge on any atom is 0.416 e. The van der Waals surface area contributed by atoms with Crippen LogP contribution in [0.2, 0.25) is 0 Å². The van der Waals surface area contributed by atoms with Crippen LogP contribution in [0.1, 0.15) is 12.5 Å². The number of halogens is 3. The van der Waals surface area contributed by atoms with E-state index in [0.29, 0.717) is 0 Å². The van der Waals surface area contributed by atoms with Crippen LogP contribution < -0.4 is 4.74 Å². The summed E-state index contributed by atoms with van der Waals surface area (Å²) in [6, 6.07) is 2.55. The zero-order chi connectivity index (χ0) is 10.8. The first-order valence-electron chi connectivity index (χ1n) is 3.98. The standard InChI is InChI=1S/C9H9F3O2/c1-2-14-8-5-6(9(10,11)12)3-4-7(8)13/h3-5,13H,2H2,1H3. The maximum atomic E-state index is 12.2. The van der Waals surface area contributed by atoms with Crippen LogP contribution in [-0.2, 0) is 6.18 Å². The number of hydrogen-bond donors (Lipinski definition) is 1. The van der Waals surface area contributed by atoms with Crippen molar-refractivity contribution in [2.24, 2.45) is 0 Å². The first kappa shape index (κ1) is 10.7. The predicted molar refractivity (Wildman–Crippen MR) is 44.3 cm³/mol. The fraction of sp³-hybridized carbons (Fsp3) is 0.333. The van der Waals surface area contributed by atoms with Crippen LogP contribution in [0.5, 0.6) is 11.5 Å². The van der Waals surface area contributed by atoms with Crippen LogP contribution in [0.25, 0.3) is 0 Å². The summed E-state index contributed by atoms with van der Waals surface area (Å²) < 4.78 is 41.4. The monoisotopic (exact) mass is 206 g/mol. The Balaban J connectivity index is 3.06. The summed E-state index contributed by atoms with van der Waals surface area (Å²) in [5.74, 6) is -0.442. The van der Waals surface area contributed by atoms with E-state index >= 15 is 0 Å². The Morgan fingerprint density at radius 1 is 1.36 bits per heavy atom. The molecular formula is C9H9F3O2. The van der Waals surface area contributed by atoms with Gasteiger partial charge in [-0.25, -0.2) is 0 Å². The quantitative estimate of drug-likeness (QED) is 0.806. The number of phenols is 1. The Morgan fingerprint density at radius 2 is 2.00 bits per heavy atom. The summed E-state index contributed by atoms with van der Waals surface area (Å²) in [5.41, 5.74) is -0.834. The topological polar surface area (TPSA) is 29.5 Å². The van der Waals surface area contributed by atoms with Crippen LogP contribution in [0, 0.1) is 0 Å². The second-order valence-corrected chi connectivity index (χ2v) is 2.61. The summed E-state index contributed by atoms with van der Waals surface area (Å²) in [7, 11) is 0. The number of phenolic OH excluding ortho intramolecular Hbond substituents is 1. The third-order valence-corrected chi connectivity index (χ3v) is 1.59. The minimum Gasteiger partial charge on any atom is -0.504 e. The minimum atomic E-state index is -4.42. The molecule has 0 unspecified atom stereocenters. The summed E-state index contributed by atoms with van der Waals surface area (Å²) in [4.78, 5) is 0. The van der Waals surface area contributed by atoms with Crippen molar-refractivity contribution in [1.29, 1.82) is 0 Å². The van der Waals surface area contributed by atoms with E-state index in [4.69, 9.17) is 9.84 Å². The molecule has 78 valence electrons. The van der Waals surface area contributed by atoms with Crippen LogP contribution >= 0.6 is 0 Å². The molecule has 0 saturated carbocycles. The molecule has 2 nitrogen and oxygen atoms in total. The Labute approximate surface area is 78.9 Å². The number of aromatic hydroxyl groups is 1. The highest BCUT2D eigenvalue weighted by molar-refractivity contribution is 5.42. The first-order chi connectivity index (χ1) is 6.45. The highest BCUT2D eigenvalue weighted by atomic mass is 19.4. The third-order valence-electron chi connectivity index (χ3n) is 1.59. The molecule has 0 bridgehead atoms. The van der Waals surface area contributed by atoms with Gasteiger partial charge in [0.1, 0.15) is 0 Å². The van der Waals surface area contributed by atoms with E-state index in [9.17, 15) is 13.2 Å². The summed E-state index contributed by atoms with van der Waals surface area (Å²) >= 11 is 0. The van der Waals surface area contributed by atoms with Gasteiger partial charge in [0.25, 0.3) is 0 Å². The van der Waals surface area contributed by atoms with Gasteiger partial charge in [-0.05, 0) is 25.1 Å². The van der Waals surface area contributed by atoms with Crippen molar-refractivity contribution in [3.8, 4) is 11.5 Å². The number of alkyl halides is 3. The molecule has 0 amide bonds. The van der Waals surface area contributed by atoms with Crippen molar-refractivity contribution in [1.82, 2.24) is 0 Å². The smallest absolute Gasteiger partial charge is 0.416 e. The fourth-order valence-electron chi connectivity index (χ4n) is 0.962. The van der Waals surface area contributed by atoms with Gasteiger partial charge in [-0.3, -0.25) is 0 Å². The molecule has 0 heterocycles. The molecule has 1 aromatic carbocycles. The zero-order valence-electron chi connectivity index (χ0n) is 7.43. The second-order valence-electron chi connectivity index (χ2n) is 2.61. The SMILES string of the molecule is CCOc1cc(C(F)(F)F)ccc1O. The summed E-state index contributed by atoms with van der Waals surface area (Å²) in [6.07, 6.45) is -4.42. The van der Waals surface area contributed by atoms with Gasteiger partial charge in [-0.2, -0.15) is 13.2 Å². The van der Waals surface area contributed by atoms with Gasteiger partial charge in [-0.15, -0.1) is 0 Å². The predicted octanol–water partition coefficient (Wildman–Crippen LogP) is 2.81. The lowest BCUT2D eigenvalue weighted by Crippen LogP contribution is -2.05. The number of hydrogen-bond acceptors (Lipinski definition) is 2. The molecule has 0 spiro atoms. The Morgan fingerprint density at radius 3 is 2.50 bits per heavy atom. The highest BCUT2D eigenvalue weighted by Gasteiger charge is 2.31. The van der Waals surface area contributed by atoms with E-state index in [2.05, 4.69) is 0 Å². The molecule has 0 aromatic heterocycles. The van der Waals surface area contributed by atoms with Gasteiger partial charge < -0.3 is 9.84 Å². The molecule has 5 heteroatoms. The second kappa shape index (κ2) is 3.77. The van der Waals surface area contributed by atoms with E-state index in [-0.39, 0.29) is 18.1 Å². The lowest BCUT2D eigenvalue weighted by Gasteiger charge is -2.10. The summed E-state index contributed by atoms with van der Waals surface area (Å²) in [5, 5.41) is 9.14. The highest BCUT2D eigenvalue weighted by Crippen LogP contribution is 2.35. The van der Waals surface area contributed by atoms with Crippen molar-refractivity contribution < 1.29 is 23.0 Å². The zero-order valence-corrected chi connectivity index (χ0v) is 7.43. The molecule has 0 aliphatic rings. The average Bonchev–Trinajstić information content (AvgIpc) is 2.07. The first-order valence-corrected chi connectivity index (χ1v) is 3.98. The Hall–Kier alpha value is -1.39. The van der Waals surface area contributed by atoms with Crippen LogP contribution in [0.4, 0.5) is 13.2 Å². The fourth-order valence-corrected chi connectivity index (χ4v) is 0.962. The van der Waals surface area contributed by atoms with Gasteiger partial charge in [0.2, 0.25) is 0 Å². The number of rotatable bonds is 2. The van der Waals surface area contributed by atoms with E-state index in [1.165, 1.54) is 0 Å². The molecule has 1 rings (SSSR count). The van der Waals surface area contributed by atoms with Crippen molar-refractivity contribution in [2.45, 2.75) is 13.1 Å². The van der Waals surface area contributed by atoms with Crippen LogP contribution in [0.3, 0.4) is 0 Å². The average molecular weight is 206 g/mol. The van der Waals surface area contributed by atoms with E-state index in [1.807, 2.05) is 0 Å². The summed E-state index contributed by atoms with van der Waals surface area (Å²) in [6.45, 7) is 1.83. The van der Waals surface area contributed by atoms with Gasteiger partial charge in [-0.1, -0.05) is 0 Å². The molecule has 14 heavy (non-hydrogen) atoms. The Kier molecular flexibility index (Phi) is 2.88. The van der Waals surface area contributed by atoms with Crippen molar-refractivity contribution in [2.75, 3.05) is 6.61 Å². The van der Waals surface area contributed by atoms with Gasteiger partial charge in [0.15, 0.2) is 11.5 Å². The number of ether oxygens (including phenoxy) is 1. The van der Waals surface area contributed by atoms with Crippen LogP contribution in [0.15, 0.2) is 18.2 Å². The molecule has 0 fully saturated rings. The lowest BCUT2D eigenvalue weighted by atomic mass is 10.2. The largest absolute Gasteiger partial charge is 0.504 e. The molecule has 0 aliphatic carbocycles. The van der Waals surface area contributed by atoms with E-state index in [1.54, 1.807) is 6.92 Å². The van der Waals surface area contributed by atoms with E-state index in [0.717, 1.165) is 18.2 Å². The molecule has 0 aliphatic heterocycles. The Bertz CT molecular complexity index is 320. The van der Waals surface area contributed by atoms with Crippen molar-refractivity contribution in [3.63, 3.8) is 0 Å². The molecule has 0 radical (unpaired) electrons. The molecule has 0 saturated heterocycles. The van der Waals surface area contributed by atoms with Crippen molar-refractivity contribution in [3.05, 3.63) is 23.8 Å². The normalized spacial score (nSPS) is 11.4. The minimum absolute atomic E-state index is 0.151. The van der Waals surface area contributed by atoms with Crippen LogP contribution in [-0.4, -0.2) is 11.7 Å².